The number of allylic oxidation sites excluding steroid dienone is 6. The molecule has 0 aromatic heterocycles. The van der Waals surface area contributed by atoms with Crippen molar-refractivity contribution in [1.29, 1.82) is 0 Å². The van der Waals surface area contributed by atoms with Gasteiger partial charge in [0.05, 0.1) is 11.8 Å². The van der Waals surface area contributed by atoms with E-state index in [1.54, 1.807) is 17.2 Å². The predicted octanol–water partition coefficient (Wildman–Crippen LogP) is 7.46. The maximum atomic E-state index is 10.1. The summed E-state index contributed by atoms with van der Waals surface area (Å²) in [7, 11) is 0. The van der Waals surface area contributed by atoms with Gasteiger partial charge in [0.25, 0.3) is 0 Å². The van der Waals surface area contributed by atoms with Crippen molar-refractivity contribution in [2.24, 2.45) is 22.4 Å². The Morgan fingerprint density at radius 3 is 2.97 bits per heavy atom. The lowest BCUT2D eigenvalue weighted by Gasteiger charge is -2.42. The molecule has 0 heterocycles. The summed E-state index contributed by atoms with van der Waals surface area (Å²) >= 11 is 0. The molecular formula is C29H43NO2. The molecule has 32 heavy (non-hydrogen) atoms. The van der Waals surface area contributed by atoms with Gasteiger partial charge in [-0.2, -0.15) is 0 Å². The molecule has 0 spiro atoms. The molecule has 3 nitrogen and oxygen atoms in total. The van der Waals surface area contributed by atoms with Crippen LogP contribution in [0.25, 0.3) is 0 Å². The Labute approximate surface area is 195 Å². The largest absolute Gasteiger partial charge is 0.393 e. The van der Waals surface area contributed by atoms with Gasteiger partial charge in [-0.3, -0.25) is 0 Å². The van der Waals surface area contributed by atoms with Gasteiger partial charge in [0.1, 0.15) is 6.61 Å². The van der Waals surface area contributed by atoms with E-state index in [0.717, 1.165) is 37.8 Å². The Morgan fingerprint density at radius 1 is 1.38 bits per heavy atom. The van der Waals surface area contributed by atoms with Gasteiger partial charge < -0.3 is 9.94 Å². The van der Waals surface area contributed by atoms with Gasteiger partial charge in [-0.25, -0.2) is 0 Å². The fourth-order valence-corrected chi connectivity index (χ4v) is 6.08. The molecule has 1 N–H and O–H groups in total. The van der Waals surface area contributed by atoms with E-state index in [-0.39, 0.29) is 6.10 Å². The highest BCUT2D eigenvalue weighted by atomic mass is 16.6. The summed E-state index contributed by atoms with van der Waals surface area (Å²) in [6.07, 6.45) is 19.5. The van der Waals surface area contributed by atoms with Crippen LogP contribution in [0.1, 0.15) is 85.0 Å². The van der Waals surface area contributed by atoms with Crippen molar-refractivity contribution in [3.05, 3.63) is 59.8 Å². The third-order valence-electron chi connectivity index (χ3n) is 7.92. The average molecular weight is 438 g/mol. The summed E-state index contributed by atoms with van der Waals surface area (Å²) in [5.74, 6) is 1.24. The monoisotopic (exact) mass is 437 g/mol. The van der Waals surface area contributed by atoms with Crippen LogP contribution in [0, 0.1) is 17.3 Å². The number of hydrogen-bond donors (Lipinski definition) is 1. The molecule has 2 unspecified atom stereocenters. The molecule has 0 aliphatic heterocycles. The standard InChI is InChI=1S/C29H43NO2/c1-6-19-32-30-23(4)10-7-9-22(3)27-16-17-28-24(11-8-18-29(27,28)5)13-14-25-20-26(31)15-12-21(25)2/h6,13-14,16,22,26,28,31H,1-2,7-12,15,17-20H2,3-5H3/b24-13+,25-14-,30-23-/t22?,26?,28-,29+/m0/s1. The minimum absolute atomic E-state index is 0.204. The molecule has 3 aliphatic rings. The second-order valence-electron chi connectivity index (χ2n) is 10.4. The molecule has 0 radical (unpaired) electrons. The van der Waals surface area contributed by atoms with Crippen LogP contribution in [0.4, 0.5) is 0 Å². The summed E-state index contributed by atoms with van der Waals surface area (Å²) in [6.45, 7) is 15.3. The predicted molar refractivity (Wildman–Crippen MR) is 136 cm³/mol. The molecule has 4 atom stereocenters. The Morgan fingerprint density at radius 2 is 2.19 bits per heavy atom. The summed E-state index contributed by atoms with van der Waals surface area (Å²) < 4.78 is 0. The lowest BCUT2D eigenvalue weighted by Crippen LogP contribution is -2.32. The van der Waals surface area contributed by atoms with Crippen molar-refractivity contribution in [3.63, 3.8) is 0 Å². The highest BCUT2D eigenvalue weighted by Crippen LogP contribution is 2.57. The van der Waals surface area contributed by atoms with E-state index in [4.69, 9.17) is 4.84 Å². The van der Waals surface area contributed by atoms with Crippen molar-refractivity contribution < 1.29 is 9.94 Å². The van der Waals surface area contributed by atoms with Crippen molar-refractivity contribution >= 4 is 5.71 Å². The van der Waals surface area contributed by atoms with E-state index < -0.39 is 0 Å². The molecule has 0 bridgehead atoms. The van der Waals surface area contributed by atoms with Gasteiger partial charge in [-0.05, 0) is 94.0 Å². The summed E-state index contributed by atoms with van der Waals surface area (Å²) in [5.41, 5.74) is 7.08. The first-order valence-corrected chi connectivity index (χ1v) is 12.6. The molecule has 0 aromatic carbocycles. The zero-order chi connectivity index (χ0) is 23.1. The first-order valence-electron chi connectivity index (χ1n) is 12.6. The number of hydrogen-bond acceptors (Lipinski definition) is 3. The van der Waals surface area contributed by atoms with Gasteiger partial charge in [-0.15, -0.1) is 0 Å². The van der Waals surface area contributed by atoms with Gasteiger partial charge >= 0.3 is 0 Å². The minimum atomic E-state index is -0.204. The highest BCUT2D eigenvalue weighted by Gasteiger charge is 2.45. The smallest absolute Gasteiger partial charge is 0.135 e. The van der Waals surface area contributed by atoms with Crippen LogP contribution in [-0.4, -0.2) is 23.5 Å². The van der Waals surface area contributed by atoms with Gasteiger partial charge in [0.2, 0.25) is 0 Å². The SMILES string of the molecule is C=CCO/N=C(/C)CCCC(C)C1=CC[C@H]2/C(=C/C=C3/CC(O)CCC3=C)CCC[C@]12C. The summed E-state index contributed by atoms with van der Waals surface area (Å²) in [6, 6.07) is 0. The highest BCUT2D eigenvalue weighted by molar-refractivity contribution is 5.81. The van der Waals surface area contributed by atoms with Crippen molar-refractivity contribution in [2.75, 3.05) is 6.61 Å². The molecule has 0 saturated heterocycles. The lowest BCUT2D eigenvalue weighted by atomic mass is 9.62. The Hall–Kier alpha value is -1.87. The quantitative estimate of drug-likeness (QED) is 0.176. The number of aliphatic hydroxyl groups is 1. The average Bonchev–Trinajstić information content (AvgIpc) is 3.12. The molecule has 176 valence electrons. The molecule has 0 aromatic rings. The van der Waals surface area contributed by atoms with Gasteiger partial charge in [0, 0.05) is 0 Å². The van der Waals surface area contributed by atoms with E-state index in [9.17, 15) is 5.11 Å². The molecule has 3 aliphatic carbocycles. The van der Waals surface area contributed by atoms with E-state index >= 15 is 0 Å². The Bertz CT molecular complexity index is 815. The second-order valence-corrected chi connectivity index (χ2v) is 10.4. The zero-order valence-electron chi connectivity index (χ0n) is 20.5. The maximum absolute atomic E-state index is 10.1. The number of aliphatic hydroxyl groups excluding tert-OH is 1. The fourth-order valence-electron chi connectivity index (χ4n) is 6.08. The number of rotatable bonds is 9. The summed E-state index contributed by atoms with van der Waals surface area (Å²) in [4.78, 5) is 5.21. The van der Waals surface area contributed by atoms with Crippen LogP contribution >= 0.6 is 0 Å². The van der Waals surface area contributed by atoms with Crippen molar-refractivity contribution in [1.82, 2.24) is 0 Å². The van der Waals surface area contributed by atoms with Crippen LogP contribution in [0.15, 0.2) is 64.9 Å². The molecule has 0 amide bonds. The van der Waals surface area contributed by atoms with Crippen LogP contribution in [0.3, 0.4) is 0 Å². The molecule has 2 saturated carbocycles. The number of nitrogens with zero attached hydrogens (tertiary/aromatic N) is 1. The first kappa shape index (κ1) is 24.8. The molecule has 2 fully saturated rings. The number of oxime groups is 1. The Balaban J connectivity index is 1.61. The van der Waals surface area contributed by atoms with E-state index in [1.165, 1.54) is 43.3 Å². The molecule has 3 heteroatoms. The zero-order valence-corrected chi connectivity index (χ0v) is 20.5. The van der Waals surface area contributed by atoms with Crippen LogP contribution in [0.5, 0.6) is 0 Å². The number of fused-ring (bicyclic) bond motifs is 1. The second kappa shape index (κ2) is 11.3. The summed E-state index contributed by atoms with van der Waals surface area (Å²) in [5, 5.41) is 14.2. The van der Waals surface area contributed by atoms with E-state index in [0.29, 0.717) is 23.9 Å². The van der Waals surface area contributed by atoms with Crippen molar-refractivity contribution in [2.45, 2.75) is 91.1 Å². The fraction of sp³-hybridized carbons (Fsp3) is 0.621. The van der Waals surface area contributed by atoms with Gasteiger partial charge in [-0.1, -0.05) is 73.2 Å². The minimum Gasteiger partial charge on any atom is -0.393 e. The molecule has 3 rings (SSSR count). The van der Waals surface area contributed by atoms with Gasteiger partial charge in [0.15, 0.2) is 0 Å². The Kier molecular flexibility index (Phi) is 8.76. The molecular weight excluding hydrogens is 394 g/mol. The van der Waals surface area contributed by atoms with Crippen LogP contribution in [0.2, 0.25) is 0 Å². The maximum Gasteiger partial charge on any atom is 0.135 e. The topological polar surface area (TPSA) is 41.8 Å². The third kappa shape index (κ3) is 5.92. The van der Waals surface area contributed by atoms with Crippen molar-refractivity contribution in [3.8, 4) is 0 Å². The van der Waals surface area contributed by atoms with Crippen LogP contribution < -0.4 is 0 Å². The van der Waals surface area contributed by atoms with Crippen LogP contribution in [-0.2, 0) is 4.84 Å². The lowest BCUT2D eigenvalue weighted by molar-refractivity contribution is 0.158. The normalized spacial score (nSPS) is 32.1. The van der Waals surface area contributed by atoms with E-state index in [2.05, 4.69) is 50.4 Å². The first-order chi connectivity index (χ1) is 15.3. The van der Waals surface area contributed by atoms with E-state index in [1.807, 2.05) is 6.92 Å². The third-order valence-corrected chi connectivity index (χ3v) is 7.92.